The molecule has 1 fully saturated rings. The summed E-state index contributed by atoms with van der Waals surface area (Å²) >= 11 is 3.69. The van der Waals surface area contributed by atoms with Gasteiger partial charge in [0.15, 0.2) is 0 Å². The van der Waals surface area contributed by atoms with Crippen molar-refractivity contribution in [3.63, 3.8) is 0 Å². The lowest BCUT2D eigenvalue weighted by atomic mass is 9.56. The predicted molar refractivity (Wildman–Crippen MR) is 277 cm³/mol. The molecule has 1 aliphatic heterocycles. The Labute approximate surface area is 407 Å². The van der Waals surface area contributed by atoms with Crippen molar-refractivity contribution >= 4 is 29.2 Å². The summed E-state index contributed by atoms with van der Waals surface area (Å²) < 4.78 is 21.2. The number of thioether (sulfide) groups is 2. The quantitative estimate of drug-likeness (QED) is 0.0270. The first-order chi connectivity index (χ1) is 32.5. The van der Waals surface area contributed by atoms with Gasteiger partial charge in [-0.1, -0.05) is 151 Å². The van der Waals surface area contributed by atoms with E-state index < -0.39 is 5.79 Å². The number of unbranched alkanes of at least 4 members (excludes halogenated alkanes) is 15. The van der Waals surface area contributed by atoms with E-state index in [4.69, 9.17) is 24.2 Å². The number of aliphatic hydroxyl groups is 2. The number of rotatable bonds is 33. The number of nitrogens with zero attached hydrogens (tertiary/aromatic N) is 1. The van der Waals surface area contributed by atoms with Crippen molar-refractivity contribution < 1.29 is 29.3 Å². The molecule has 0 radical (unpaired) electrons. The largest absolute Gasteiger partial charge is 0.460 e. The third kappa shape index (κ3) is 14.9. The summed E-state index contributed by atoms with van der Waals surface area (Å²) in [7, 11) is 0. The maximum Gasteiger partial charge on any atom is 0.230 e. The second-order valence-corrected chi connectivity index (χ2v) is 20.9. The maximum atomic E-state index is 10.0. The maximum absolute atomic E-state index is 10.0. The highest BCUT2D eigenvalue weighted by Crippen LogP contribution is 2.62. The number of fused-ring (bicyclic) bond motifs is 2. The molecule has 1 heterocycles. The lowest BCUT2D eigenvalue weighted by Gasteiger charge is -2.58. The Hall–Kier alpha value is -3.21. The van der Waals surface area contributed by atoms with Crippen LogP contribution in [-0.4, -0.2) is 58.8 Å². The average molecular weight is 940 g/mol. The third-order valence-electron chi connectivity index (χ3n) is 14.0. The number of benzene rings is 3. The van der Waals surface area contributed by atoms with Crippen LogP contribution in [0.5, 0.6) is 17.2 Å². The molecular formula is C57H81NO6S2. The summed E-state index contributed by atoms with van der Waals surface area (Å²) in [5, 5.41) is 25.0. The molecular weight excluding hydrogens is 859 g/mol. The summed E-state index contributed by atoms with van der Waals surface area (Å²) in [4.78, 5) is 7.48. The Balaban J connectivity index is 1.29. The Kier molecular flexibility index (Phi) is 22.9. The van der Waals surface area contributed by atoms with Crippen LogP contribution < -0.4 is 9.47 Å². The molecule has 0 spiro atoms. The van der Waals surface area contributed by atoms with Crippen molar-refractivity contribution in [3.8, 4) is 17.2 Å². The van der Waals surface area contributed by atoms with Gasteiger partial charge >= 0.3 is 0 Å². The minimum atomic E-state index is -0.974. The topological polar surface area (TPSA) is 89.7 Å². The van der Waals surface area contributed by atoms with Gasteiger partial charge in [-0.2, -0.15) is 11.8 Å². The average Bonchev–Trinajstić information content (AvgIpc) is 3.34. The molecule has 2 N–H and O–H groups in total. The fourth-order valence-corrected chi connectivity index (χ4v) is 12.4. The van der Waals surface area contributed by atoms with E-state index in [2.05, 4.69) is 62.2 Å². The van der Waals surface area contributed by atoms with Gasteiger partial charge in [0.2, 0.25) is 5.79 Å². The van der Waals surface area contributed by atoms with E-state index in [1.807, 2.05) is 54.2 Å². The second-order valence-electron chi connectivity index (χ2n) is 18.7. The standard InChI is InChI=1S/C57H81NO6S2/c1-4-6-7-8-9-10-11-12-13-14-15-16-17-25-39-66-54-42-52(58-62-43-44-26-19-18-20-27-44)50-40-45(28-21-23-36-59)49(29-22-24-37-60)55-51-41-47(63-46-30-33-48(65-3)34-31-46)32-35-53(51)64-57(54,56(50)55)61-38-5-2/h5,18-20,26-27,30-35,40-41,45,49,54-56,59-60H,2,4,6-17,21-25,28-29,36-39,42-43H2,1,3H3/t45-,49+,54-,55+,56+,57+/m0/s1. The Morgan fingerprint density at radius 3 is 2.08 bits per heavy atom. The van der Waals surface area contributed by atoms with E-state index in [1.54, 1.807) is 11.8 Å². The second kappa shape index (κ2) is 29.0. The number of oxime groups is 1. The van der Waals surface area contributed by atoms with Crippen LogP contribution in [0.3, 0.4) is 0 Å². The van der Waals surface area contributed by atoms with Gasteiger partial charge in [0.05, 0.1) is 23.5 Å². The number of allylic oxidation sites excluding steroid dienone is 1. The van der Waals surface area contributed by atoms with Gasteiger partial charge in [0, 0.05) is 36.0 Å². The van der Waals surface area contributed by atoms with E-state index in [9.17, 15) is 10.2 Å². The lowest BCUT2D eigenvalue weighted by Crippen LogP contribution is -2.64. The van der Waals surface area contributed by atoms with E-state index in [-0.39, 0.29) is 42.1 Å². The van der Waals surface area contributed by atoms with Crippen LogP contribution in [0.25, 0.3) is 0 Å². The van der Waals surface area contributed by atoms with Crippen molar-refractivity contribution in [2.45, 2.75) is 170 Å². The third-order valence-corrected chi connectivity index (χ3v) is 16.1. The molecule has 3 aliphatic rings. The molecule has 3 aromatic carbocycles. The number of hydrogen-bond acceptors (Lipinski definition) is 9. The van der Waals surface area contributed by atoms with Crippen LogP contribution in [0.4, 0.5) is 0 Å². The van der Waals surface area contributed by atoms with E-state index >= 15 is 0 Å². The highest BCUT2D eigenvalue weighted by atomic mass is 32.2. The Morgan fingerprint density at radius 2 is 1.42 bits per heavy atom. The van der Waals surface area contributed by atoms with E-state index in [0.717, 1.165) is 90.4 Å². The van der Waals surface area contributed by atoms with Gasteiger partial charge in [-0.05, 0) is 110 Å². The van der Waals surface area contributed by atoms with Gasteiger partial charge in [-0.3, -0.25) is 0 Å². The molecule has 362 valence electrons. The van der Waals surface area contributed by atoms with Gasteiger partial charge in [-0.15, -0.1) is 18.3 Å². The van der Waals surface area contributed by atoms with Crippen molar-refractivity contribution in [3.05, 3.63) is 108 Å². The molecule has 2 aliphatic carbocycles. The number of ether oxygens (including phenoxy) is 3. The van der Waals surface area contributed by atoms with Crippen molar-refractivity contribution in [2.24, 2.45) is 22.9 Å². The van der Waals surface area contributed by atoms with Crippen LogP contribution in [0, 0.1) is 17.8 Å². The summed E-state index contributed by atoms with van der Waals surface area (Å²) in [6, 6.07) is 24.9. The Bertz CT molecular complexity index is 1900. The Morgan fingerprint density at radius 1 is 0.773 bits per heavy atom. The summed E-state index contributed by atoms with van der Waals surface area (Å²) in [5.41, 5.74) is 4.34. The monoisotopic (exact) mass is 940 g/mol. The molecule has 0 saturated heterocycles. The van der Waals surface area contributed by atoms with Crippen LogP contribution in [-0.2, 0) is 16.2 Å². The normalized spacial score (nSPS) is 22.6. The molecule has 3 aromatic rings. The molecule has 6 rings (SSSR count). The van der Waals surface area contributed by atoms with Crippen LogP contribution >= 0.6 is 23.5 Å². The molecule has 6 atom stereocenters. The van der Waals surface area contributed by atoms with Crippen molar-refractivity contribution in [2.75, 3.05) is 31.8 Å². The molecule has 0 bridgehead atoms. The molecule has 0 unspecified atom stereocenters. The first-order valence-corrected chi connectivity index (χ1v) is 28.0. The molecule has 0 aromatic heterocycles. The fraction of sp³-hybridized carbons (Fsp3) is 0.596. The SMILES string of the molecule is C=CCO[C@@]12Oc3ccc(Oc4ccc(SC)cc4)cc3[C@H]3[C@H](CCCCO)[C@@H](CCCCO)C=C(C(=NOCc4ccccc4)C[C@@H]1SCCCCCCCCCCCCCCCC)[C@H]32. The zero-order chi connectivity index (χ0) is 46.2. The summed E-state index contributed by atoms with van der Waals surface area (Å²) in [5.74, 6) is 2.75. The smallest absolute Gasteiger partial charge is 0.230 e. The number of aliphatic hydroxyl groups excluding tert-OH is 2. The predicted octanol–water partition coefficient (Wildman–Crippen LogP) is 15.2. The minimum absolute atomic E-state index is 0.0163. The van der Waals surface area contributed by atoms with Crippen molar-refractivity contribution in [1.82, 2.24) is 0 Å². The highest BCUT2D eigenvalue weighted by molar-refractivity contribution is 8.00. The molecule has 7 nitrogen and oxygen atoms in total. The van der Waals surface area contributed by atoms with E-state index in [0.29, 0.717) is 19.6 Å². The molecule has 1 saturated carbocycles. The zero-order valence-corrected chi connectivity index (χ0v) is 42.0. The van der Waals surface area contributed by atoms with Crippen molar-refractivity contribution in [1.29, 1.82) is 0 Å². The molecule has 0 amide bonds. The number of hydrogen-bond donors (Lipinski definition) is 2. The van der Waals surface area contributed by atoms with Crippen LogP contribution in [0.1, 0.15) is 159 Å². The van der Waals surface area contributed by atoms with Crippen LogP contribution in [0.2, 0.25) is 0 Å². The van der Waals surface area contributed by atoms with Crippen LogP contribution in [0.15, 0.2) is 107 Å². The summed E-state index contributed by atoms with van der Waals surface area (Å²) in [6.07, 6.45) is 31.1. The van der Waals surface area contributed by atoms with Gasteiger partial charge in [0.25, 0.3) is 0 Å². The highest BCUT2D eigenvalue weighted by Gasteiger charge is 2.64. The first kappa shape index (κ1) is 52.2. The molecule has 66 heavy (non-hydrogen) atoms. The zero-order valence-electron chi connectivity index (χ0n) is 40.4. The first-order valence-electron chi connectivity index (χ1n) is 25.7. The fourth-order valence-electron chi connectivity index (χ4n) is 10.6. The van der Waals surface area contributed by atoms with Gasteiger partial charge in [0.1, 0.15) is 23.9 Å². The lowest BCUT2D eigenvalue weighted by molar-refractivity contribution is -0.223. The van der Waals surface area contributed by atoms with Gasteiger partial charge in [-0.25, -0.2) is 0 Å². The van der Waals surface area contributed by atoms with E-state index in [1.165, 1.54) is 88.4 Å². The summed E-state index contributed by atoms with van der Waals surface area (Å²) in [6.45, 7) is 7.52. The molecule has 9 heteroatoms. The van der Waals surface area contributed by atoms with Gasteiger partial charge < -0.3 is 29.3 Å². The minimum Gasteiger partial charge on any atom is -0.460 e.